The number of ketones is 1. The number of nitrogens with one attached hydrogen (secondary N) is 1. The van der Waals surface area contributed by atoms with Gasteiger partial charge in [-0.25, -0.2) is 9.97 Å². The van der Waals surface area contributed by atoms with Crippen LogP contribution >= 0.6 is 11.3 Å². The van der Waals surface area contributed by atoms with Crippen LogP contribution in [0.2, 0.25) is 0 Å². The highest BCUT2D eigenvalue weighted by molar-refractivity contribution is 7.22. The number of hydrogen-bond acceptors (Lipinski definition) is 13. The molecule has 300 valence electrons. The Morgan fingerprint density at radius 3 is 2.53 bits per heavy atom. The van der Waals surface area contributed by atoms with Gasteiger partial charge in [0.2, 0.25) is 5.78 Å². The lowest BCUT2D eigenvalue weighted by molar-refractivity contribution is -0.195. The van der Waals surface area contributed by atoms with Crippen LogP contribution in [0.1, 0.15) is 92.9 Å². The Hall–Kier alpha value is -4.50. The third-order valence-corrected chi connectivity index (χ3v) is 13.0. The number of thiazole rings is 1. The zero-order valence-corrected chi connectivity index (χ0v) is 34.7. The van der Waals surface area contributed by atoms with E-state index in [1.165, 1.54) is 17.8 Å². The highest BCUT2D eigenvalue weighted by Gasteiger charge is 2.58. The first-order valence-electron chi connectivity index (χ1n) is 20.0. The Morgan fingerprint density at radius 2 is 1.75 bits per heavy atom. The summed E-state index contributed by atoms with van der Waals surface area (Å²) in [4.78, 5) is 37.1. The summed E-state index contributed by atoms with van der Waals surface area (Å²) in [5, 5.41) is 20.6. The number of para-hydroxylation sites is 1. The molecule has 3 unspecified atom stereocenters. The molecule has 1 N–H and O–H groups in total. The van der Waals surface area contributed by atoms with Crippen LogP contribution in [0.4, 0.5) is 10.9 Å². The molecule has 3 aliphatic rings. The number of pyridine rings is 1. The van der Waals surface area contributed by atoms with E-state index in [4.69, 9.17) is 14.6 Å². The molecule has 1 saturated heterocycles. The Morgan fingerprint density at radius 1 is 0.947 bits per heavy atom. The molecule has 3 fully saturated rings. The number of fused-ring (bicyclic) bond motifs is 3. The molecular weight excluding hydrogens is 739 g/mol. The highest BCUT2D eigenvalue weighted by Crippen LogP contribution is 2.63. The fraction of sp³-hybridized carbons (Fsp3) is 0.535. The van der Waals surface area contributed by atoms with E-state index in [2.05, 4.69) is 74.9 Å². The van der Waals surface area contributed by atoms with Crippen LogP contribution in [0.5, 0.6) is 0 Å². The van der Waals surface area contributed by atoms with Gasteiger partial charge in [0, 0.05) is 43.0 Å². The van der Waals surface area contributed by atoms with Crippen molar-refractivity contribution in [2.45, 2.75) is 92.3 Å². The minimum Gasteiger partial charge on any atom is -0.379 e. The Bertz CT molecular complexity index is 2260. The number of aryl methyl sites for hydroxylation is 1. The van der Waals surface area contributed by atoms with E-state index in [1.807, 2.05) is 43.5 Å². The van der Waals surface area contributed by atoms with E-state index in [9.17, 15) is 9.70 Å². The topological polar surface area (TPSA) is 150 Å². The van der Waals surface area contributed by atoms with Crippen molar-refractivity contribution in [3.05, 3.63) is 81.9 Å². The minimum atomic E-state index is -0.392. The van der Waals surface area contributed by atoms with Gasteiger partial charge in [-0.1, -0.05) is 62.4 Å². The largest absolute Gasteiger partial charge is 0.379 e. The number of nitroso groups, excluding NO2 is 1. The molecule has 3 atom stereocenters. The number of ether oxygens (including phenoxy) is 2. The van der Waals surface area contributed by atoms with E-state index < -0.39 is 5.78 Å². The van der Waals surface area contributed by atoms with Gasteiger partial charge in [-0.15, -0.1) is 10.2 Å². The van der Waals surface area contributed by atoms with Gasteiger partial charge in [-0.05, 0) is 92.0 Å². The van der Waals surface area contributed by atoms with Gasteiger partial charge < -0.3 is 14.8 Å². The standard InChI is InChI=1S/C43H53N9O4S/c1-28-19-34(49-50-38(28)48-39-47-32-9-7-8-10-36(32)57-39)37(53)33-12-11-30(35(46-33)21-45-54)31-20-44-52(29(31)2)27-42(6)24-41(5)22-40(3,4)23-43(25-41,26-42)56-18-15-51-13-16-55-17-14-51/h7-12,19-20H,13-18,21-27H2,1-6H3,(H,47,48,50). The second-order valence-electron chi connectivity index (χ2n) is 18.1. The van der Waals surface area contributed by atoms with E-state index in [0.29, 0.717) is 16.6 Å². The molecule has 2 bridgehead atoms. The SMILES string of the molecule is Cc1cc(C(=O)c2ccc(-c3cnn(CC4(C)CC5(C)CC(C)(C)CC(OCCN6CCOCC6)(C4)C5)c3C)c(CN=O)n2)nnc1Nc1nc2ccccc2s1. The lowest BCUT2D eigenvalue weighted by Crippen LogP contribution is -2.57. The summed E-state index contributed by atoms with van der Waals surface area (Å²) in [6, 6.07) is 13.1. The number of anilines is 2. The zero-order chi connectivity index (χ0) is 40.0. The summed E-state index contributed by atoms with van der Waals surface area (Å²) in [6.07, 6.45) is 7.21. The van der Waals surface area contributed by atoms with Crippen molar-refractivity contribution in [3.8, 4) is 11.1 Å². The first-order chi connectivity index (χ1) is 27.2. The molecule has 4 aromatic heterocycles. The monoisotopic (exact) mass is 791 g/mol. The molecule has 0 spiro atoms. The van der Waals surface area contributed by atoms with Crippen molar-refractivity contribution in [1.29, 1.82) is 0 Å². The average Bonchev–Trinajstić information content (AvgIpc) is 3.73. The van der Waals surface area contributed by atoms with Crippen LogP contribution in [-0.4, -0.2) is 85.7 Å². The van der Waals surface area contributed by atoms with Crippen LogP contribution < -0.4 is 5.32 Å². The lowest BCUT2D eigenvalue weighted by Gasteiger charge is -2.61. The Kier molecular flexibility index (Phi) is 10.6. The number of carbonyl (C=O) groups is 1. The van der Waals surface area contributed by atoms with Crippen LogP contribution in [0, 0.1) is 35.0 Å². The van der Waals surface area contributed by atoms with Gasteiger partial charge in [-0.3, -0.25) is 14.4 Å². The second-order valence-corrected chi connectivity index (χ2v) is 19.2. The Labute approximate surface area is 338 Å². The molecule has 0 amide bonds. The zero-order valence-electron chi connectivity index (χ0n) is 33.9. The van der Waals surface area contributed by atoms with Gasteiger partial charge in [0.15, 0.2) is 10.9 Å². The molecule has 8 rings (SSSR count). The quantitative estimate of drug-likeness (QED) is 0.0906. The number of aromatic nitrogens is 6. The third-order valence-electron chi connectivity index (χ3n) is 12.1. The molecular formula is C43H53N9O4S. The third kappa shape index (κ3) is 8.41. The summed E-state index contributed by atoms with van der Waals surface area (Å²) in [5.74, 6) is 0.124. The van der Waals surface area contributed by atoms with Crippen molar-refractivity contribution in [1.82, 2.24) is 34.8 Å². The number of benzene rings is 1. The maximum absolute atomic E-state index is 13.7. The van der Waals surface area contributed by atoms with Crippen molar-refractivity contribution >= 4 is 38.3 Å². The first-order valence-corrected chi connectivity index (χ1v) is 20.8. The highest BCUT2D eigenvalue weighted by atomic mass is 32.1. The van der Waals surface area contributed by atoms with E-state index in [1.54, 1.807) is 12.1 Å². The van der Waals surface area contributed by atoms with Crippen LogP contribution in [0.3, 0.4) is 0 Å². The van der Waals surface area contributed by atoms with Gasteiger partial charge in [0.25, 0.3) is 0 Å². The van der Waals surface area contributed by atoms with Gasteiger partial charge >= 0.3 is 0 Å². The fourth-order valence-electron chi connectivity index (χ4n) is 10.8. The molecule has 2 saturated carbocycles. The minimum absolute atomic E-state index is 0.0448. The van der Waals surface area contributed by atoms with E-state index in [0.717, 1.165) is 104 Å². The summed E-state index contributed by atoms with van der Waals surface area (Å²) >= 11 is 1.52. The van der Waals surface area contributed by atoms with Crippen molar-refractivity contribution < 1.29 is 14.3 Å². The lowest BCUT2D eigenvalue weighted by atomic mass is 9.48. The molecule has 0 radical (unpaired) electrons. The molecule has 13 nitrogen and oxygen atoms in total. The number of carbonyl (C=O) groups excluding carboxylic acids is 1. The van der Waals surface area contributed by atoms with Crippen LogP contribution in [0.25, 0.3) is 21.3 Å². The summed E-state index contributed by atoms with van der Waals surface area (Å²) in [5.41, 5.74) is 5.07. The molecule has 5 aromatic rings. The first kappa shape index (κ1) is 39.3. The predicted octanol–water partition coefficient (Wildman–Crippen LogP) is 8.31. The number of nitrogens with zero attached hydrogens (tertiary/aromatic N) is 8. The smallest absolute Gasteiger partial charge is 0.231 e. The molecule has 5 heterocycles. The number of rotatable bonds is 13. The molecule has 14 heteroatoms. The Balaban J connectivity index is 0.996. The van der Waals surface area contributed by atoms with E-state index in [-0.39, 0.29) is 39.8 Å². The maximum Gasteiger partial charge on any atom is 0.231 e. The maximum atomic E-state index is 13.7. The second kappa shape index (κ2) is 15.3. The number of hydrogen-bond donors (Lipinski definition) is 1. The van der Waals surface area contributed by atoms with Crippen molar-refractivity contribution in [2.24, 2.45) is 21.4 Å². The summed E-state index contributed by atoms with van der Waals surface area (Å²) in [7, 11) is 0. The normalized spacial score (nSPS) is 24.7. The fourth-order valence-corrected chi connectivity index (χ4v) is 11.6. The number of morpholine rings is 1. The van der Waals surface area contributed by atoms with Crippen molar-refractivity contribution in [3.63, 3.8) is 0 Å². The van der Waals surface area contributed by atoms with Crippen LogP contribution in [-0.2, 0) is 22.6 Å². The molecule has 2 aliphatic carbocycles. The van der Waals surface area contributed by atoms with Crippen molar-refractivity contribution in [2.75, 3.05) is 44.8 Å². The van der Waals surface area contributed by atoms with Gasteiger partial charge in [0.1, 0.15) is 17.9 Å². The van der Waals surface area contributed by atoms with E-state index >= 15 is 0 Å². The molecule has 1 aliphatic heterocycles. The summed E-state index contributed by atoms with van der Waals surface area (Å²) in [6.45, 7) is 19.3. The molecule has 1 aromatic carbocycles. The van der Waals surface area contributed by atoms with Crippen LogP contribution in [0.15, 0.2) is 53.8 Å². The average molecular weight is 792 g/mol. The van der Waals surface area contributed by atoms with Gasteiger partial charge in [-0.2, -0.15) is 10.0 Å². The predicted molar refractivity (Wildman–Crippen MR) is 222 cm³/mol. The summed E-state index contributed by atoms with van der Waals surface area (Å²) < 4.78 is 15.8. The van der Waals surface area contributed by atoms with Gasteiger partial charge in [0.05, 0.1) is 47.5 Å². The molecule has 57 heavy (non-hydrogen) atoms.